The molecule has 1 aliphatic rings. The molecule has 0 saturated carbocycles. The zero-order valence-corrected chi connectivity index (χ0v) is 15.4. The summed E-state index contributed by atoms with van der Waals surface area (Å²) in [5.41, 5.74) is 0. The van der Waals surface area contributed by atoms with Crippen LogP contribution in [0.4, 0.5) is 0 Å². The van der Waals surface area contributed by atoms with Gasteiger partial charge < -0.3 is 22.8 Å². The van der Waals surface area contributed by atoms with Crippen molar-refractivity contribution in [2.75, 3.05) is 26.4 Å². The maximum atomic E-state index is 5.96. The van der Waals surface area contributed by atoms with Gasteiger partial charge in [-0.1, -0.05) is 12.1 Å². The van der Waals surface area contributed by atoms with Crippen LogP contribution in [0, 0.1) is 0 Å². The first kappa shape index (κ1) is 18.4. The minimum Gasteiger partial charge on any atom is -0.465 e. The molecule has 1 fully saturated rings. The molecule has 1 saturated heterocycles. The lowest BCUT2D eigenvalue weighted by atomic mass is 10.2. The molecule has 1 atom stereocenters. The Balaban J connectivity index is 2.19. The Kier molecular flexibility index (Phi) is 7.52. The highest BCUT2D eigenvalue weighted by Crippen LogP contribution is 2.20. The minimum absolute atomic E-state index is 0.165. The summed E-state index contributed by atoms with van der Waals surface area (Å²) >= 11 is 0. The molecule has 1 aromatic carbocycles. The summed E-state index contributed by atoms with van der Waals surface area (Å²) in [6.45, 7) is 8.26. The third kappa shape index (κ3) is 5.02. The van der Waals surface area contributed by atoms with Crippen molar-refractivity contribution in [3.05, 3.63) is 24.3 Å². The summed E-state index contributed by atoms with van der Waals surface area (Å²) < 4.78 is 29.5. The number of hydrogen-bond donors (Lipinski definition) is 0. The van der Waals surface area contributed by atoms with Crippen molar-refractivity contribution < 1.29 is 22.8 Å². The Morgan fingerprint density at radius 3 is 2.30 bits per heavy atom. The lowest BCUT2D eigenvalue weighted by molar-refractivity contribution is -0.105. The van der Waals surface area contributed by atoms with Gasteiger partial charge in [-0.15, -0.1) is 0 Å². The molecule has 0 bridgehead atoms. The summed E-state index contributed by atoms with van der Waals surface area (Å²) in [7, 11) is -2.89. The van der Waals surface area contributed by atoms with E-state index < -0.39 is 8.80 Å². The predicted molar refractivity (Wildman–Crippen MR) is 90.9 cm³/mol. The van der Waals surface area contributed by atoms with Crippen LogP contribution in [0.25, 0.3) is 0 Å². The Morgan fingerprint density at radius 1 is 1.04 bits per heavy atom. The third-order valence-electron chi connectivity index (χ3n) is 3.60. The summed E-state index contributed by atoms with van der Waals surface area (Å²) in [4.78, 5) is 0. The summed E-state index contributed by atoms with van der Waals surface area (Å²) in [6.07, 6.45) is 3.01. The van der Waals surface area contributed by atoms with E-state index in [0.717, 1.165) is 36.8 Å². The molecule has 1 unspecified atom stereocenters. The van der Waals surface area contributed by atoms with E-state index in [0.29, 0.717) is 19.8 Å². The first-order chi connectivity index (χ1) is 11.2. The van der Waals surface area contributed by atoms with Crippen LogP contribution in [0.3, 0.4) is 0 Å². The van der Waals surface area contributed by atoms with Crippen molar-refractivity contribution in [2.45, 2.75) is 46.3 Å². The Bertz CT molecular complexity index is 445. The standard InChI is InChI=1S/C17H28O5Si/c1-4-19-23(20-5-2,21-6-3)16-11-9-10-15(14-16)22-17-12-7-8-13-18-17/h9-11,14,17H,4-8,12-13H2,1-3H3. The first-order valence-corrected chi connectivity index (χ1v) is 10.3. The van der Waals surface area contributed by atoms with Crippen molar-refractivity contribution in [3.63, 3.8) is 0 Å². The van der Waals surface area contributed by atoms with Gasteiger partial charge in [0.2, 0.25) is 0 Å². The molecule has 0 N–H and O–H groups in total. The minimum atomic E-state index is -2.89. The van der Waals surface area contributed by atoms with Gasteiger partial charge in [-0.25, -0.2) is 0 Å². The van der Waals surface area contributed by atoms with Gasteiger partial charge in [0.25, 0.3) is 0 Å². The third-order valence-corrected chi connectivity index (χ3v) is 6.62. The zero-order valence-electron chi connectivity index (χ0n) is 14.4. The van der Waals surface area contributed by atoms with Gasteiger partial charge in [-0.3, -0.25) is 0 Å². The second kappa shape index (κ2) is 9.39. The van der Waals surface area contributed by atoms with E-state index >= 15 is 0 Å². The summed E-state index contributed by atoms with van der Waals surface area (Å²) in [5, 5.41) is 0.927. The fourth-order valence-electron chi connectivity index (χ4n) is 2.66. The second-order valence-electron chi connectivity index (χ2n) is 5.30. The Hall–Kier alpha value is -0.923. The van der Waals surface area contributed by atoms with Gasteiger partial charge in [0.15, 0.2) is 6.29 Å². The van der Waals surface area contributed by atoms with E-state index in [1.54, 1.807) is 0 Å². The maximum absolute atomic E-state index is 5.96. The predicted octanol–water partition coefficient (Wildman–Crippen LogP) is 2.85. The molecule has 2 rings (SSSR count). The molecule has 0 aromatic heterocycles. The highest BCUT2D eigenvalue weighted by atomic mass is 28.4. The number of ether oxygens (including phenoxy) is 2. The largest absolute Gasteiger partial charge is 0.537 e. The normalized spacial score (nSPS) is 18.8. The highest BCUT2D eigenvalue weighted by Gasteiger charge is 2.43. The fourth-order valence-corrected chi connectivity index (χ4v) is 5.17. The molecule has 23 heavy (non-hydrogen) atoms. The molecular weight excluding hydrogens is 312 g/mol. The van der Waals surface area contributed by atoms with Crippen LogP contribution in [-0.4, -0.2) is 41.5 Å². The molecular formula is C17H28O5Si. The van der Waals surface area contributed by atoms with E-state index in [-0.39, 0.29) is 6.29 Å². The van der Waals surface area contributed by atoms with Crippen LogP contribution in [0.1, 0.15) is 40.0 Å². The average Bonchev–Trinajstić information content (AvgIpc) is 2.57. The summed E-state index contributed by atoms with van der Waals surface area (Å²) in [6, 6.07) is 7.84. The molecule has 1 heterocycles. The monoisotopic (exact) mass is 340 g/mol. The van der Waals surface area contributed by atoms with Crippen LogP contribution < -0.4 is 9.92 Å². The SMILES string of the molecule is CCO[Si](OCC)(OCC)c1cccc(OC2CCCCO2)c1. The topological polar surface area (TPSA) is 46.2 Å². The van der Waals surface area contributed by atoms with E-state index in [1.165, 1.54) is 0 Å². The molecule has 6 heteroatoms. The number of rotatable bonds is 9. The molecule has 0 aliphatic carbocycles. The zero-order chi connectivity index (χ0) is 16.5. The number of hydrogen-bond acceptors (Lipinski definition) is 5. The lowest BCUT2D eigenvalue weighted by Crippen LogP contribution is -2.56. The second-order valence-corrected chi connectivity index (χ2v) is 7.85. The van der Waals surface area contributed by atoms with E-state index in [1.807, 2.05) is 45.0 Å². The quantitative estimate of drug-likeness (QED) is 0.647. The fraction of sp³-hybridized carbons (Fsp3) is 0.647. The van der Waals surface area contributed by atoms with Gasteiger partial charge in [0.1, 0.15) is 5.75 Å². The van der Waals surface area contributed by atoms with Crippen molar-refractivity contribution in [1.82, 2.24) is 0 Å². The van der Waals surface area contributed by atoms with Crippen molar-refractivity contribution >= 4 is 14.0 Å². The van der Waals surface area contributed by atoms with Crippen LogP contribution in [0.15, 0.2) is 24.3 Å². The van der Waals surface area contributed by atoms with E-state index in [9.17, 15) is 0 Å². The molecule has 5 nitrogen and oxygen atoms in total. The molecule has 0 spiro atoms. The van der Waals surface area contributed by atoms with Crippen LogP contribution in [-0.2, 0) is 18.0 Å². The Labute approximate surface area is 140 Å². The van der Waals surface area contributed by atoms with Crippen molar-refractivity contribution in [2.24, 2.45) is 0 Å². The molecule has 1 aliphatic heterocycles. The summed E-state index contributed by atoms with van der Waals surface area (Å²) in [5.74, 6) is 0.769. The van der Waals surface area contributed by atoms with Gasteiger partial charge in [0, 0.05) is 31.4 Å². The first-order valence-electron chi connectivity index (χ1n) is 8.54. The van der Waals surface area contributed by atoms with Gasteiger partial charge in [-0.2, -0.15) is 0 Å². The Morgan fingerprint density at radius 2 is 1.74 bits per heavy atom. The number of benzene rings is 1. The lowest BCUT2D eigenvalue weighted by Gasteiger charge is -2.29. The smallest absolute Gasteiger partial charge is 0.465 e. The molecule has 130 valence electrons. The van der Waals surface area contributed by atoms with Crippen LogP contribution in [0.2, 0.25) is 0 Å². The van der Waals surface area contributed by atoms with Crippen molar-refractivity contribution in [1.29, 1.82) is 0 Å². The van der Waals surface area contributed by atoms with Gasteiger partial charge in [-0.05, 0) is 45.7 Å². The van der Waals surface area contributed by atoms with Gasteiger partial charge in [0.05, 0.1) is 6.61 Å². The van der Waals surface area contributed by atoms with E-state index in [4.69, 9.17) is 22.8 Å². The van der Waals surface area contributed by atoms with Gasteiger partial charge >= 0.3 is 8.80 Å². The molecule has 1 aromatic rings. The maximum Gasteiger partial charge on any atom is 0.537 e. The van der Waals surface area contributed by atoms with E-state index in [2.05, 4.69) is 0 Å². The van der Waals surface area contributed by atoms with Crippen LogP contribution in [0.5, 0.6) is 5.75 Å². The highest BCUT2D eigenvalue weighted by molar-refractivity contribution is 6.75. The van der Waals surface area contributed by atoms with Crippen molar-refractivity contribution in [3.8, 4) is 5.75 Å². The average molecular weight is 340 g/mol. The molecule has 0 radical (unpaired) electrons. The molecule has 0 amide bonds. The van der Waals surface area contributed by atoms with Crippen LogP contribution >= 0.6 is 0 Å².